The number of hydrogen-bond acceptors (Lipinski definition) is 6. The van der Waals surface area contributed by atoms with Crippen LogP contribution in [0.15, 0.2) is 28.7 Å². The van der Waals surface area contributed by atoms with Crippen LogP contribution in [0.2, 0.25) is 0 Å². The lowest BCUT2D eigenvalue weighted by molar-refractivity contribution is -0.115. The molecule has 10 heteroatoms. The summed E-state index contributed by atoms with van der Waals surface area (Å²) in [6.45, 7) is 1.56. The normalized spacial score (nSPS) is 11.6. The number of nitrogens with one attached hydrogen (secondary N) is 1. The summed E-state index contributed by atoms with van der Waals surface area (Å²) in [7, 11) is 1.25. The molecule has 0 fully saturated rings. The summed E-state index contributed by atoms with van der Waals surface area (Å²) in [5, 5.41) is 2.85. The molecule has 0 spiro atoms. The van der Waals surface area contributed by atoms with E-state index in [4.69, 9.17) is 44.0 Å². The van der Waals surface area contributed by atoms with Crippen molar-refractivity contribution in [1.29, 1.82) is 0 Å². The van der Waals surface area contributed by atoms with Crippen LogP contribution < -0.4 is 5.32 Å². The number of amides is 1. The molecule has 6 nitrogen and oxygen atoms in total. The van der Waals surface area contributed by atoms with Gasteiger partial charge in [0.15, 0.2) is 0 Å². The number of methoxy groups -OCH3 is 1. The predicted molar refractivity (Wildman–Crippen MR) is 102 cm³/mol. The fourth-order valence-corrected chi connectivity index (χ4v) is 3.49. The predicted octanol–water partition coefficient (Wildman–Crippen LogP) is 4.96. The van der Waals surface area contributed by atoms with Crippen LogP contribution in [0.25, 0.3) is 20.8 Å². The van der Waals surface area contributed by atoms with E-state index in [1.807, 2.05) is 24.3 Å². The van der Waals surface area contributed by atoms with Crippen LogP contribution in [0.3, 0.4) is 0 Å². The van der Waals surface area contributed by atoms with Gasteiger partial charge in [-0.05, 0) is 19.1 Å². The van der Waals surface area contributed by atoms with Gasteiger partial charge in [0.2, 0.25) is 5.88 Å². The van der Waals surface area contributed by atoms with E-state index in [2.05, 4.69) is 10.3 Å². The Morgan fingerprint density at radius 3 is 2.58 bits per heavy atom. The molecule has 2 heterocycles. The van der Waals surface area contributed by atoms with Crippen LogP contribution in [-0.4, -0.2) is 27.8 Å². The van der Waals surface area contributed by atoms with Crippen molar-refractivity contribution in [2.24, 2.45) is 0 Å². The zero-order valence-corrected chi connectivity index (χ0v) is 16.5. The van der Waals surface area contributed by atoms with E-state index in [9.17, 15) is 9.59 Å². The molecule has 3 aromatic rings. The smallest absolute Gasteiger partial charge is 0.342 e. The molecule has 26 heavy (non-hydrogen) atoms. The monoisotopic (exact) mass is 432 g/mol. The van der Waals surface area contributed by atoms with Gasteiger partial charge < -0.3 is 9.15 Å². The standard InChI is InChI=1S/C16H11Cl3N2O4S/c1-7-10(14(22)24-2)11(12(25-7)21-15(23)16(17,18)19)13-20-8-5-3-4-6-9(8)26-13/h3-6H,1-2H3,(H,21,23). The largest absolute Gasteiger partial charge is 0.465 e. The summed E-state index contributed by atoms with van der Waals surface area (Å²) in [6, 6.07) is 7.44. The molecule has 0 aliphatic rings. The second kappa shape index (κ2) is 7.08. The Labute approximate surface area is 167 Å². The Kier molecular flexibility index (Phi) is 5.16. The lowest BCUT2D eigenvalue weighted by atomic mass is 10.1. The van der Waals surface area contributed by atoms with Crippen LogP contribution >= 0.6 is 46.1 Å². The summed E-state index contributed by atoms with van der Waals surface area (Å²) < 4.78 is 9.07. The minimum absolute atomic E-state index is 0.0433. The van der Waals surface area contributed by atoms with Crippen LogP contribution in [0, 0.1) is 6.92 Å². The Bertz CT molecular complexity index is 974. The van der Waals surface area contributed by atoms with Gasteiger partial charge in [0.1, 0.15) is 16.3 Å². The summed E-state index contributed by atoms with van der Waals surface area (Å²) in [5.41, 5.74) is 1.16. The Morgan fingerprint density at radius 1 is 1.27 bits per heavy atom. The van der Waals surface area contributed by atoms with Crippen LogP contribution in [0.4, 0.5) is 5.88 Å². The third-order valence-electron chi connectivity index (χ3n) is 3.47. The van der Waals surface area contributed by atoms with E-state index in [0.717, 1.165) is 10.2 Å². The van der Waals surface area contributed by atoms with Crippen molar-refractivity contribution in [2.45, 2.75) is 10.7 Å². The maximum Gasteiger partial charge on any atom is 0.342 e. The summed E-state index contributed by atoms with van der Waals surface area (Å²) in [6.07, 6.45) is 0. The number of benzene rings is 1. The second-order valence-electron chi connectivity index (χ2n) is 5.17. The molecule has 1 amide bonds. The number of nitrogens with zero attached hydrogens (tertiary/aromatic N) is 1. The molecule has 0 aliphatic heterocycles. The lowest BCUT2D eigenvalue weighted by Crippen LogP contribution is -2.27. The number of furan rings is 1. The zero-order valence-electron chi connectivity index (χ0n) is 13.4. The molecule has 0 unspecified atom stereocenters. The van der Waals surface area contributed by atoms with Gasteiger partial charge >= 0.3 is 5.97 Å². The van der Waals surface area contributed by atoms with E-state index in [0.29, 0.717) is 5.01 Å². The fourth-order valence-electron chi connectivity index (χ4n) is 2.34. The van der Waals surface area contributed by atoms with Crippen molar-refractivity contribution in [1.82, 2.24) is 4.98 Å². The molecular weight excluding hydrogens is 423 g/mol. The number of alkyl halides is 3. The van der Waals surface area contributed by atoms with E-state index in [1.165, 1.54) is 18.4 Å². The van der Waals surface area contributed by atoms with E-state index < -0.39 is 15.7 Å². The quantitative estimate of drug-likeness (QED) is 0.466. The zero-order chi connectivity index (χ0) is 19.1. The highest BCUT2D eigenvalue weighted by Gasteiger charge is 2.35. The molecule has 0 radical (unpaired) electrons. The average molecular weight is 434 g/mol. The van der Waals surface area contributed by atoms with Crippen molar-refractivity contribution < 1.29 is 18.7 Å². The summed E-state index contributed by atoms with van der Waals surface area (Å²) >= 11 is 18.1. The van der Waals surface area contributed by atoms with Crippen molar-refractivity contribution in [3.8, 4) is 10.6 Å². The summed E-state index contributed by atoms with van der Waals surface area (Å²) in [5.74, 6) is -1.35. The molecule has 3 rings (SSSR count). The van der Waals surface area contributed by atoms with Crippen molar-refractivity contribution in [3.05, 3.63) is 35.6 Å². The second-order valence-corrected chi connectivity index (χ2v) is 8.48. The highest BCUT2D eigenvalue weighted by Crippen LogP contribution is 2.41. The number of carbonyl (C=O) groups excluding carboxylic acids is 2. The highest BCUT2D eigenvalue weighted by atomic mass is 35.6. The average Bonchev–Trinajstić information content (AvgIpc) is 3.13. The molecule has 0 atom stereocenters. The van der Waals surface area contributed by atoms with Gasteiger partial charge in [0.25, 0.3) is 9.70 Å². The van der Waals surface area contributed by atoms with Gasteiger partial charge in [-0.3, -0.25) is 10.1 Å². The molecule has 0 saturated heterocycles. The number of rotatable bonds is 3. The van der Waals surface area contributed by atoms with Crippen LogP contribution in [-0.2, 0) is 9.53 Å². The van der Waals surface area contributed by atoms with Gasteiger partial charge in [-0.25, -0.2) is 9.78 Å². The number of aromatic nitrogens is 1. The van der Waals surface area contributed by atoms with Gasteiger partial charge in [0.05, 0.1) is 22.9 Å². The number of para-hydroxylation sites is 1. The molecule has 0 aliphatic carbocycles. The molecule has 1 N–H and O–H groups in total. The van der Waals surface area contributed by atoms with Gasteiger partial charge in [0, 0.05) is 0 Å². The Morgan fingerprint density at radius 2 is 1.96 bits per heavy atom. The van der Waals surface area contributed by atoms with Crippen LogP contribution in [0.5, 0.6) is 0 Å². The third kappa shape index (κ3) is 3.53. The molecule has 0 saturated carbocycles. The lowest BCUT2D eigenvalue weighted by Gasteiger charge is -2.10. The molecule has 0 bridgehead atoms. The van der Waals surface area contributed by atoms with Gasteiger partial charge in [-0.1, -0.05) is 46.9 Å². The van der Waals surface area contributed by atoms with Crippen molar-refractivity contribution in [3.63, 3.8) is 0 Å². The first-order valence-electron chi connectivity index (χ1n) is 7.18. The fraction of sp³-hybridized carbons (Fsp3) is 0.188. The number of thiazole rings is 1. The van der Waals surface area contributed by atoms with E-state index in [1.54, 1.807) is 6.92 Å². The van der Waals surface area contributed by atoms with Crippen molar-refractivity contribution in [2.75, 3.05) is 12.4 Å². The van der Waals surface area contributed by atoms with Crippen molar-refractivity contribution >= 4 is 74.1 Å². The summed E-state index contributed by atoms with van der Waals surface area (Å²) in [4.78, 5) is 28.8. The molecule has 136 valence electrons. The third-order valence-corrected chi connectivity index (χ3v) is 5.03. The number of esters is 1. The molecular formula is C16H11Cl3N2O4S. The Balaban J connectivity index is 2.19. The first-order chi connectivity index (χ1) is 12.2. The number of anilines is 1. The number of hydrogen-bond donors (Lipinski definition) is 1. The minimum atomic E-state index is -2.20. The number of halogens is 3. The molecule has 1 aromatic carbocycles. The van der Waals surface area contributed by atoms with E-state index in [-0.39, 0.29) is 22.8 Å². The number of aryl methyl sites for hydroxylation is 1. The highest BCUT2D eigenvalue weighted by molar-refractivity contribution is 7.21. The maximum atomic E-state index is 12.2. The van der Waals surface area contributed by atoms with Crippen LogP contribution in [0.1, 0.15) is 16.1 Å². The first-order valence-corrected chi connectivity index (χ1v) is 9.13. The minimum Gasteiger partial charge on any atom is -0.465 e. The SMILES string of the molecule is COC(=O)c1c(C)oc(NC(=O)C(Cl)(Cl)Cl)c1-c1nc2ccccc2s1. The number of carbonyl (C=O) groups is 2. The number of ether oxygens (including phenoxy) is 1. The number of fused-ring (bicyclic) bond motifs is 1. The first kappa shape index (κ1) is 19.0. The van der Waals surface area contributed by atoms with Gasteiger partial charge in [-0.2, -0.15) is 0 Å². The van der Waals surface area contributed by atoms with E-state index >= 15 is 0 Å². The Hall–Kier alpha value is -1.80. The maximum absolute atomic E-state index is 12.2. The topological polar surface area (TPSA) is 81.4 Å². The molecule has 2 aromatic heterocycles. The van der Waals surface area contributed by atoms with Gasteiger partial charge in [-0.15, -0.1) is 11.3 Å².